The molecule has 0 saturated carbocycles. The summed E-state index contributed by atoms with van der Waals surface area (Å²) < 4.78 is 14.3. The third kappa shape index (κ3) is 3.13. The summed E-state index contributed by atoms with van der Waals surface area (Å²) in [5, 5.41) is 6.65. The summed E-state index contributed by atoms with van der Waals surface area (Å²) in [7, 11) is 0. The number of carbonyl (C=O) groups excluding carboxylic acids is 1. The van der Waals surface area contributed by atoms with Gasteiger partial charge in [0.25, 0.3) is 0 Å². The quantitative estimate of drug-likeness (QED) is 0.895. The van der Waals surface area contributed by atoms with Gasteiger partial charge in [0.2, 0.25) is 5.91 Å². The molecular weight excluding hydrogens is 235 g/mol. The number of rotatable bonds is 4. The fraction of sp³-hybridized carbons (Fsp3) is 0.250. The van der Waals surface area contributed by atoms with Crippen molar-refractivity contribution in [3.8, 4) is 0 Å². The number of carbonyl (C=O) groups is 1. The molecule has 2 rings (SSSR count). The van der Waals surface area contributed by atoms with Crippen molar-refractivity contribution < 1.29 is 9.18 Å². The van der Waals surface area contributed by atoms with Crippen molar-refractivity contribution >= 4 is 11.6 Å². The van der Waals surface area contributed by atoms with E-state index in [2.05, 4.69) is 15.4 Å². The minimum absolute atomic E-state index is 0.142. The maximum absolute atomic E-state index is 12.7. The largest absolute Gasteiger partial charge is 0.326 e. The van der Waals surface area contributed by atoms with Gasteiger partial charge >= 0.3 is 0 Å². The Balaban J connectivity index is 1.93. The fourth-order valence-corrected chi connectivity index (χ4v) is 1.49. The first-order valence-corrected chi connectivity index (χ1v) is 5.54. The van der Waals surface area contributed by atoms with Crippen LogP contribution in [0.2, 0.25) is 0 Å². The second-order valence-electron chi connectivity index (χ2n) is 4.01. The van der Waals surface area contributed by atoms with Crippen molar-refractivity contribution in [3.05, 3.63) is 42.7 Å². The van der Waals surface area contributed by atoms with Crippen molar-refractivity contribution in [1.82, 2.24) is 14.8 Å². The molecule has 1 N–H and O–H groups in total. The van der Waals surface area contributed by atoms with Crippen molar-refractivity contribution in [1.29, 1.82) is 0 Å². The molecule has 2 aromatic rings. The van der Waals surface area contributed by atoms with Crippen molar-refractivity contribution in [3.63, 3.8) is 0 Å². The standard InChI is InChI=1S/C12H13FN4O/c1-9(6-17-8-14-7-15-17)12(18)16-11-4-2-10(13)3-5-11/h2-5,7-9H,6H2,1H3,(H,16,18)/t9-/m0/s1. The molecule has 0 saturated heterocycles. The third-order valence-corrected chi connectivity index (χ3v) is 2.49. The molecule has 1 aromatic heterocycles. The zero-order chi connectivity index (χ0) is 13.0. The smallest absolute Gasteiger partial charge is 0.229 e. The van der Waals surface area contributed by atoms with E-state index in [0.29, 0.717) is 12.2 Å². The van der Waals surface area contributed by atoms with Crippen LogP contribution in [0.4, 0.5) is 10.1 Å². The van der Waals surface area contributed by atoms with Gasteiger partial charge in [-0.1, -0.05) is 6.92 Å². The molecule has 0 aliphatic heterocycles. The monoisotopic (exact) mass is 248 g/mol. The third-order valence-electron chi connectivity index (χ3n) is 2.49. The molecule has 1 heterocycles. The second kappa shape index (κ2) is 5.39. The van der Waals surface area contributed by atoms with E-state index in [1.807, 2.05) is 0 Å². The van der Waals surface area contributed by atoms with Crippen LogP contribution in [0.15, 0.2) is 36.9 Å². The number of hydrogen-bond acceptors (Lipinski definition) is 3. The molecule has 6 heteroatoms. The predicted molar refractivity (Wildman–Crippen MR) is 64.2 cm³/mol. The molecule has 94 valence electrons. The van der Waals surface area contributed by atoms with E-state index in [1.54, 1.807) is 17.9 Å². The van der Waals surface area contributed by atoms with Gasteiger partial charge in [-0.05, 0) is 24.3 Å². The van der Waals surface area contributed by atoms with Crippen LogP contribution in [0.1, 0.15) is 6.92 Å². The van der Waals surface area contributed by atoms with Crippen LogP contribution in [0.25, 0.3) is 0 Å². The zero-order valence-corrected chi connectivity index (χ0v) is 9.88. The SMILES string of the molecule is C[C@@H](Cn1cncn1)C(=O)Nc1ccc(F)cc1. The Hall–Kier alpha value is -2.24. The highest BCUT2D eigenvalue weighted by molar-refractivity contribution is 5.92. The van der Waals surface area contributed by atoms with E-state index >= 15 is 0 Å². The number of amides is 1. The van der Waals surface area contributed by atoms with Gasteiger partial charge in [-0.2, -0.15) is 5.10 Å². The van der Waals surface area contributed by atoms with E-state index in [9.17, 15) is 9.18 Å². The minimum atomic E-state index is -0.330. The number of hydrogen-bond donors (Lipinski definition) is 1. The van der Waals surface area contributed by atoms with Gasteiger partial charge in [-0.25, -0.2) is 9.37 Å². The second-order valence-corrected chi connectivity index (χ2v) is 4.01. The summed E-state index contributed by atoms with van der Waals surface area (Å²) in [6.45, 7) is 2.24. The Morgan fingerprint density at radius 2 is 2.17 bits per heavy atom. The van der Waals surface area contributed by atoms with Gasteiger partial charge in [-0.15, -0.1) is 0 Å². The minimum Gasteiger partial charge on any atom is -0.326 e. The molecule has 1 atom stereocenters. The topological polar surface area (TPSA) is 59.8 Å². The van der Waals surface area contributed by atoms with Crippen molar-refractivity contribution in [2.75, 3.05) is 5.32 Å². The van der Waals surface area contributed by atoms with Gasteiger partial charge in [0.1, 0.15) is 18.5 Å². The Bertz CT molecular complexity index is 509. The van der Waals surface area contributed by atoms with Crippen LogP contribution in [0.3, 0.4) is 0 Å². The van der Waals surface area contributed by atoms with Crippen LogP contribution in [0.5, 0.6) is 0 Å². The summed E-state index contributed by atoms with van der Waals surface area (Å²) in [5.41, 5.74) is 0.576. The molecule has 0 fully saturated rings. The van der Waals surface area contributed by atoms with Crippen LogP contribution in [0, 0.1) is 11.7 Å². The molecule has 1 aromatic carbocycles. The molecule has 1 amide bonds. The average Bonchev–Trinajstić information content (AvgIpc) is 2.85. The molecule has 5 nitrogen and oxygen atoms in total. The Kier molecular flexibility index (Phi) is 3.66. The summed E-state index contributed by atoms with van der Waals surface area (Å²) in [4.78, 5) is 15.7. The lowest BCUT2D eigenvalue weighted by molar-refractivity contribution is -0.119. The summed E-state index contributed by atoms with van der Waals surface area (Å²) >= 11 is 0. The number of aromatic nitrogens is 3. The van der Waals surface area contributed by atoms with Crippen LogP contribution in [-0.4, -0.2) is 20.7 Å². The Labute approximate surface area is 104 Å². The lowest BCUT2D eigenvalue weighted by Crippen LogP contribution is -2.24. The van der Waals surface area contributed by atoms with E-state index in [0.717, 1.165) is 0 Å². The summed E-state index contributed by atoms with van der Waals surface area (Å²) in [6, 6.07) is 5.65. The fourth-order valence-electron chi connectivity index (χ4n) is 1.49. The van der Waals surface area contributed by atoms with E-state index < -0.39 is 0 Å². The highest BCUT2D eigenvalue weighted by Gasteiger charge is 2.14. The number of halogens is 1. The normalized spacial score (nSPS) is 12.1. The highest BCUT2D eigenvalue weighted by Crippen LogP contribution is 2.10. The van der Waals surface area contributed by atoms with Gasteiger partial charge < -0.3 is 5.32 Å². The Morgan fingerprint density at radius 1 is 1.44 bits per heavy atom. The molecule has 0 radical (unpaired) electrons. The molecule has 0 unspecified atom stereocenters. The van der Waals surface area contributed by atoms with Gasteiger partial charge in [-0.3, -0.25) is 9.48 Å². The Morgan fingerprint density at radius 3 is 2.78 bits per heavy atom. The summed E-state index contributed by atoms with van der Waals surface area (Å²) in [6.07, 6.45) is 2.98. The number of nitrogens with zero attached hydrogens (tertiary/aromatic N) is 3. The van der Waals surface area contributed by atoms with Gasteiger partial charge in [0, 0.05) is 5.69 Å². The molecule has 0 spiro atoms. The van der Waals surface area contributed by atoms with Crippen molar-refractivity contribution in [2.45, 2.75) is 13.5 Å². The zero-order valence-electron chi connectivity index (χ0n) is 9.88. The van der Waals surface area contributed by atoms with E-state index in [4.69, 9.17) is 0 Å². The number of nitrogens with one attached hydrogen (secondary N) is 1. The predicted octanol–water partition coefficient (Wildman–Crippen LogP) is 1.69. The highest BCUT2D eigenvalue weighted by atomic mass is 19.1. The van der Waals surface area contributed by atoms with E-state index in [-0.39, 0.29) is 17.6 Å². The van der Waals surface area contributed by atoms with E-state index in [1.165, 1.54) is 30.6 Å². The molecule has 18 heavy (non-hydrogen) atoms. The maximum atomic E-state index is 12.7. The lowest BCUT2D eigenvalue weighted by atomic mass is 10.1. The van der Waals surface area contributed by atoms with Gasteiger partial charge in [0.05, 0.1) is 12.5 Å². The summed E-state index contributed by atoms with van der Waals surface area (Å²) in [5.74, 6) is -0.725. The average molecular weight is 248 g/mol. The first-order chi connectivity index (χ1) is 8.65. The molecule has 0 aliphatic rings. The number of anilines is 1. The first kappa shape index (κ1) is 12.2. The lowest BCUT2D eigenvalue weighted by Gasteiger charge is -2.11. The van der Waals surface area contributed by atoms with Crippen LogP contribution in [-0.2, 0) is 11.3 Å². The maximum Gasteiger partial charge on any atom is 0.229 e. The van der Waals surface area contributed by atoms with Gasteiger partial charge in [0.15, 0.2) is 0 Å². The molecule has 0 aliphatic carbocycles. The van der Waals surface area contributed by atoms with Crippen LogP contribution >= 0.6 is 0 Å². The number of benzene rings is 1. The van der Waals surface area contributed by atoms with Crippen molar-refractivity contribution in [2.24, 2.45) is 5.92 Å². The molecular formula is C12H13FN4O. The molecule has 0 bridgehead atoms. The first-order valence-electron chi connectivity index (χ1n) is 5.54. The van der Waals surface area contributed by atoms with Crippen LogP contribution < -0.4 is 5.32 Å².